The molecule has 4 rings (SSSR count). The Morgan fingerprint density at radius 3 is 2.62 bits per heavy atom. The van der Waals surface area contributed by atoms with Crippen molar-refractivity contribution in [2.75, 3.05) is 40.9 Å². The topological polar surface area (TPSA) is 72.2 Å². The number of likely N-dealkylation sites (N-methyl/N-ethyl adjacent to an activating group) is 1. The summed E-state index contributed by atoms with van der Waals surface area (Å²) in [5, 5.41) is 0.437. The fourth-order valence-electron chi connectivity index (χ4n) is 4.18. The van der Waals surface area contributed by atoms with Gasteiger partial charge in [0, 0.05) is 17.6 Å². The largest absolute Gasteiger partial charge is 0.493 e. The molecule has 0 bridgehead atoms. The van der Waals surface area contributed by atoms with Crippen LogP contribution in [-0.2, 0) is 0 Å². The standard InChI is InChI=1S/C26H29BrN2O5/c1-5-6-13-33-20-9-7-16(14-21(20)32-4)23-22-24(30)18-15-17(27)8-10-19(18)34-25(22)26(31)29(23)12-11-28(2)3/h7-10,14-15,23H,5-6,11-13H2,1-4H3. The van der Waals surface area contributed by atoms with Gasteiger partial charge in [-0.15, -0.1) is 0 Å². The first-order valence-electron chi connectivity index (χ1n) is 11.4. The van der Waals surface area contributed by atoms with Crippen molar-refractivity contribution in [1.82, 2.24) is 9.80 Å². The van der Waals surface area contributed by atoms with Crippen molar-refractivity contribution in [3.8, 4) is 11.5 Å². The van der Waals surface area contributed by atoms with E-state index in [-0.39, 0.29) is 17.1 Å². The predicted octanol–water partition coefficient (Wildman–Crippen LogP) is 4.85. The maximum Gasteiger partial charge on any atom is 0.290 e. The van der Waals surface area contributed by atoms with Gasteiger partial charge in [0.2, 0.25) is 5.76 Å². The first kappa shape index (κ1) is 24.3. The minimum atomic E-state index is -0.583. The molecule has 34 heavy (non-hydrogen) atoms. The molecule has 7 nitrogen and oxygen atoms in total. The first-order valence-corrected chi connectivity index (χ1v) is 12.2. The molecule has 0 spiro atoms. The SMILES string of the molecule is CCCCOc1ccc(C2c3c(oc4ccc(Br)cc4c3=O)C(=O)N2CCN(C)C)cc1OC. The average molecular weight is 529 g/mol. The van der Waals surface area contributed by atoms with E-state index in [0.29, 0.717) is 47.7 Å². The van der Waals surface area contributed by atoms with Gasteiger partial charge in [0.25, 0.3) is 5.91 Å². The van der Waals surface area contributed by atoms with Crippen molar-refractivity contribution in [2.24, 2.45) is 0 Å². The monoisotopic (exact) mass is 528 g/mol. The number of hydrogen-bond donors (Lipinski definition) is 0. The third-order valence-corrected chi connectivity index (χ3v) is 6.47. The van der Waals surface area contributed by atoms with Gasteiger partial charge in [-0.3, -0.25) is 9.59 Å². The van der Waals surface area contributed by atoms with Crippen LogP contribution >= 0.6 is 15.9 Å². The van der Waals surface area contributed by atoms with Crippen molar-refractivity contribution < 1.29 is 18.7 Å². The number of nitrogens with zero attached hydrogens (tertiary/aromatic N) is 2. The van der Waals surface area contributed by atoms with E-state index in [2.05, 4.69) is 22.9 Å². The highest BCUT2D eigenvalue weighted by atomic mass is 79.9. The summed E-state index contributed by atoms with van der Waals surface area (Å²) in [6.07, 6.45) is 1.97. The lowest BCUT2D eigenvalue weighted by Crippen LogP contribution is -2.35. The normalized spacial score (nSPS) is 15.3. The molecule has 2 aromatic carbocycles. The van der Waals surface area contributed by atoms with Crippen molar-refractivity contribution in [2.45, 2.75) is 25.8 Å². The van der Waals surface area contributed by atoms with Crippen LogP contribution in [-0.4, -0.2) is 56.6 Å². The molecular weight excluding hydrogens is 500 g/mol. The van der Waals surface area contributed by atoms with Gasteiger partial charge < -0.3 is 23.7 Å². The Hall–Kier alpha value is -2.84. The summed E-state index contributed by atoms with van der Waals surface area (Å²) in [6.45, 7) is 3.78. The van der Waals surface area contributed by atoms with Crippen molar-refractivity contribution >= 4 is 32.8 Å². The van der Waals surface area contributed by atoms with Gasteiger partial charge in [-0.05, 0) is 56.4 Å². The third-order valence-electron chi connectivity index (χ3n) is 5.97. The number of ether oxygens (including phenoxy) is 2. The van der Waals surface area contributed by atoms with E-state index in [0.717, 1.165) is 22.9 Å². The van der Waals surface area contributed by atoms with E-state index >= 15 is 0 Å². The van der Waals surface area contributed by atoms with Crippen molar-refractivity contribution in [3.63, 3.8) is 0 Å². The summed E-state index contributed by atoms with van der Waals surface area (Å²) in [7, 11) is 5.48. The summed E-state index contributed by atoms with van der Waals surface area (Å²) in [6, 6.07) is 10.2. The average Bonchev–Trinajstić information content (AvgIpc) is 3.10. The Balaban J connectivity index is 1.85. The van der Waals surface area contributed by atoms with Gasteiger partial charge in [0.05, 0.1) is 30.7 Å². The number of fused-ring (bicyclic) bond motifs is 2. The van der Waals surface area contributed by atoms with E-state index in [1.165, 1.54) is 0 Å². The summed E-state index contributed by atoms with van der Waals surface area (Å²) in [4.78, 5) is 30.8. The Labute approximate surface area is 207 Å². The Morgan fingerprint density at radius 2 is 1.91 bits per heavy atom. The number of halogens is 1. The highest BCUT2D eigenvalue weighted by Crippen LogP contribution is 2.41. The number of methoxy groups -OCH3 is 1. The second-order valence-electron chi connectivity index (χ2n) is 8.63. The molecule has 0 aliphatic carbocycles. The van der Waals surface area contributed by atoms with Crippen molar-refractivity contribution in [3.05, 3.63) is 68.0 Å². The molecule has 1 amide bonds. The molecule has 3 aromatic rings. The van der Waals surface area contributed by atoms with Crippen LogP contribution in [0.2, 0.25) is 0 Å². The molecule has 0 N–H and O–H groups in total. The minimum absolute atomic E-state index is 0.103. The molecule has 2 heterocycles. The molecule has 0 radical (unpaired) electrons. The van der Waals surface area contributed by atoms with Crippen LogP contribution in [0.1, 0.15) is 47.5 Å². The molecule has 0 saturated heterocycles. The molecule has 1 unspecified atom stereocenters. The number of carbonyl (C=O) groups is 1. The van der Waals surface area contributed by atoms with E-state index < -0.39 is 6.04 Å². The molecule has 1 aromatic heterocycles. The second-order valence-corrected chi connectivity index (χ2v) is 9.55. The lowest BCUT2D eigenvalue weighted by atomic mass is 9.98. The predicted molar refractivity (Wildman–Crippen MR) is 135 cm³/mol. The molecule has 1 atom stereocenters. The summed E-state index contributed by atoms with van der Waals surface area (Å²) in [5.74, 6) is 1.02. The van der Waals surface area contributed by atoms with Gasteiger partial charge in [0.1, 0.15) is 5.58 Å². The van der Waals surface area contributed by atoms with Gasteiger partial charge in [0.15, 0.2) is 16.9 Å². The fraction of sp³-hybridized carbons (Fsp3) is 0.385. The van der Waals surface area contributed by atoms with Crippen LogP contribution in [0.5, 0.6) is 11.5 Å². The summed E-state index contributed by atoms with van der Waals surface area (Å²) >= 11 is 3.43. The van der Waals surface area contributed by atoms with Crippen LogP contribution in [0.15, 0.2) is 50.1 Å². The highest BCUT2D eigenvalue weighted by molar-refractivity contribution is 9.10. The van der Waals surface area contributed by atoms with Crippen LogP contribution in [0.3, 0.4) is 0 Å². The molecule has 8 heteroatoms. The smallest absolute Gasteiger partial charge is 0.290 e. The Bertz CT molecular complexity index is 1270. The van der Waals surface area contributed by atoms with Crippen LogP contribution in [0.25, 0.3) is 11.0 Å². The van der Waals surface area contributed by atoms with Gasteiger partial charge in [-0.1, -0.05) is 35.3 Å². The molecule has 1 aliphatic rings. The maximum atomic E-state index is 13.7. The molecule has 0 saturated carbocycles. The number of rotatable bonds is 9. The summed E-state index contributed by atoms with van der Waals surface area (Å²) in [5.41, 5.74) is 1.32. The van der Waals surface area contributed by atoms with Gasteiger partial charge in [-0.25, -0.2) is 0 Å². The van der Waals surface area contributed by atoms with Crippen molar-refractivity contribution in [1.29, 1.82) is 0 Å². The lowest BCUT2D eigenvalue weighted by molar-refractivity contribution is 0.0716. The highest BCUT2D eigenvalue weighted by Gasteiger charge is 2.42. The number of hydrogen-bond acceptors (Lipinski definition) is 6. The number of unbranched alkanes of at least 4 members (excludes halogenated alkanes) is 1. The van der Waals surface area contributed by atoms with E-state index in [9.17, 15) is 9.59 Å². The van der Waals surface area contributed by atoms with Gasteiger partial charge in [-0.2, -0.15) is 0 Å². The third kappa shape index (κ3) is 4.57. The zero-order valence-corrected chi connectivity index (χ0v) is 21.5. The zero-order chi connectivity index (χ0) is 24.4. The lowest BCUT2D eigenvalue weighted by Gasteiger charge is -2.27. The zero-order valence-electron chi connectivity index (χ0n) is 19.9. The Morgan fingerprint density at radius 1 is 1.12 bits per heavy atom. The summed E-state index contributed by atoms with van der Waals surface area (Å²) < 4.78 is 18.3. The van der Waals surface area contributed by atoms with E-state index in [1.807, 2.05) is 37.2 Å². The fourth-order valence-corrected chi connectivity index (χ4v) is 4.54. The van der Waals surface area contributed by atoms with Gasteiger partial charge >= 0.3 is 0 Å². The van der Waals surface area contributed by atoms with E-state index in [4.69, 9.17) is 13.9 Å². The maximum absolute atomic E-state index is 13.7. The van der Waals surface area contributed by atoms with Crippen LogP contribution in [0, 0.1) is 0 Å². The number of benzene rings is 2. The second kappa shape index (κ2) is 10.2. The van der Waals surface area contributed by atoms with E-state index in [1.54, 1.807) is 30.2 Å². The minimum Gasteiger partial charge on any atom is -0.493 e. The van der Waals surface area contributed by atoms with Crippen LogP contribution in [0.4, 0.5) is 0 Å². The molecule has 1 aliphatic heterocycles. The quantitative estimate of drug-likeness (QED) is 0.369. The van der Waals surface area contributed by atoms with Crippen LogP contribution < -0.4 is 14.9 Å². The molecule has 180 valence electrons. The molecule has 0 fully saturated rings. The number of amides is 1. The number of carbonyl (C=O) groups excluding carboxylic acids is 1. The first-order chi connectivity index (χ1) is 16.3. The Kier molecular flexibility index (Phi) is 7.28. The molecular formula is C26H29BrN2O5.